The van der Waals surface area contributed by atoms with Crippen LogP contribution in [0.15, 0.2) is 0 Å². The molecule has 0 spiro atoms. The molecule has 2 saturated heterocycles. The van der Waals surface area contributed by atoms with Gasteiger partial charge in [-0.2, -0.15) is 0 Å². The SMILES string of the molecule is CC(C)CNC1C[C@@H]2CCC[C@@H](C1)N2C. The summed E-state index contributed by atoms with van der Waals surface area (Å²) in [4.78, 5) is 2.64. The van der Waals surface area contributed by atoms with E-state index < -0.39 is 0 Å². The van der Waals surface area contributed by atoms with Crippen LogP contribution in [-0.4, -0.2) is 36.6 Å². The number of fused-ring (bicyclic) bond motifs is 2. The van der Waals surface area contributed by atoms with Gasteiger partial charge in [0, 0.05) is 18.1 Å². The summed E-state index contributed by atoms with van der Waals surface area (Å²) in [6.07, 6.45) is 7.05. The topological polar surface area (TPSA) is 15.3 Å². The predicted molar refractivity (Wildman–Crippen MR) is 65.1 cm³/mol. The van der Waals surface area contributed by atoms with Crippen molar-refractivity contribution in [2.45, 2.75) is 64.1 Å². The Morgan fingerprint density at radius 3 is 2.33 bits per heavy atom. The Morgan fingerprint density at radius 1 is 1.20 bits per heavy atom. The molecule has 2 nitrogen and oxygen atoms in total. The van der Waals surface area contributed by atoms with Gasteiger partial charge in [0.15, 0.2) is 0 Å². The highest BCUT2D eigenvalue weighted by Crippen LogP contribution is 2.32. The third-order valence-corrected chi connectivity index (χ3v) is 4.15. The molecular weight excluding hydrogens is 184 g/mol. The summed E-state index contributed by atoms with van der Waals surface area (Å²) in [5, 5.41) is 3.74. The first-order chi connectivity index (χ1) is 7.16. The predicted octanol–water partition coefficient (Wildman–Crippen LogP) is 2.25. The summed E-state index contributed by atoms with van der Waals surface area (Å²) in [7, 11) is 2.33. The second-order valence-electron chi connectivity index (χ2n) is 5.87. The lowest BCUT2D eigenvalue weighted by Crippen LogP contribution is -2.54. The molecule has 0 aromatic carbocycles. The van der Waals surface area contributed by atoms with Crippen molar-refractivity contribution in [2.24, 2.45) is 5.92 Å². The monoisotopic (exact) mass is 210 g/mol. The Balaban J connectivity index is 1.84. The average molecular weight is 210 g/mol. The van der Waals surface area contributed by atoms with Gasteiger partial charge in [-0.25, -0.2) is 0 Å². The van der Waals surface area contributed by atoms with Crippen molar-refractivity contribution in [3.8, 4) is 0 Å². The van der Waals surface area contributed by atoms with E-state index >= 15 is 0 Å². The maximum Gasteiger partial charge on any atom is 0.0110 e. The van der Waals surface area contributed by atoms with E-state index in [4.69, 9.17) is 0 Å². The lowest BCUT2D eigenvalue weighted by molar-refractivity contribution is 0.0480. The highest BCUT2D eigenvalue weighted by molar-refractivity contribution is 4.93. The molecular formula is C13H26N2. The quantitative estimate of drug-likeness (QED) is 0.768. The molecule has 2 heteroatoms. The summed E-state index contributed by atoms with van der Waals surface area (Å²) < 4.78 is 0. The van der Waals surface area contributed by atoms with E-state index in [1.54, 1.807) is 0 Å². The third kappa shape index (κ3) is 2.73. The minimum absolute atomic E-state index is 0.782. The average Bonchev–Trinajstić information content (AvgIpc) is 2.15. The largest absolute Gasteiger partial charge is 0.314 e. The summed E-state index contributed by atoms with van der Waals surface area (Å²) in [6.45, 7) is 5.78. The molecule has 15 heavy (non-hydrogen) atoms. The molecule has 2 atom stereocenters. The van der Waals surface area contributed by atoms with Crippen LogP contribution in [0.4, 0.5) is 0 Å². The van der Waals surface area contributed by atoms with Gasteiger partial charge in [0.1, 0.15) is 0 Å². The van der Waals surface area contributed by atoms with Gasteiger partial charge in [0.2, 0.25) is 0 Å². The number of hydrogen-bond donors (Lipinski definition) is 1. The van der Waals surface area contributed by atoms with E-state index in [0.717, 1.165) is 24.0 Å². The van der Waals surface area contributed by atoms with Gasteiger partial charge in [-0.15, -0.1) is 0 Å². The number of rotatable bonds is 3. The molecule has 0 aliphatic carbocycles. The van der Waals surface area contributed by atoms with Gasteiger partial charge in [0.25, 0.3) is 0 Å². The van der Waals surface area contributed by atoms with Crippen LogP contribution in [0.2, 0.25) is 0 Å². The lowest BCUT2D eigenvalue weighted by Gasteiger charge is -2.47. The van der Waals surface area contributed by atoms with Crippen LogP contribution in [0.5, 0.6) is 0 Å². The lowest BCUT2D eigenvalue weighted by atomic mass is 9.82. The molecule has 0 unspecified atom stereocenters. The van der Waals surface area contributed by atoms with Crippen LogP contribution in [0, 0.1) is 5.92 Å². The van der Waals surface area contributed by atoms with Crippen LogP contribution in [0.25, 0.3) is 0 Å². The minimum atomic E-state index is 0.782. The molecule has 0 radical (unpaired) electrons. The zero-order valence-corrected chi connectivity index (χ0v) is 10.5. The van der Waals surface area contributed by atoms with Crippen LogP contribution >= 0.6 is 0 Å². The molecule has 0 amide bonds. The van der Waals surface area contributed by atoms with E-state index in [1.165, 1.54) is 38.6 Å². The Hall–Kier alpha value is -0.0800. The highest BCUT2D eigenvalue weighted by Gasteiger charge is 2.35. The minimum Gasteiger partial charge on any atom is -0.314 e. The van der Waals surface area contributed by atoms with Crippen molar-refractivity contribution >= 4 is 0 Å². The summed E-state index contributed by atoms with van der Waals surface area (Å²) in [6, 6.07) is 2.52. The van der Waals surface area contributed by atoms with E-state index in [9.17, 15) is 0 Å². The van der Waals surface area contributed by atoms with Gasteiger partial charge >= 0.3 is 0 Å². The third-order valence-electron chi connectivity index (χ3n) is 4.15. The van der Waals surface area contributed by atoms with Gasteiger partial charge in [0.05, 0.1) is 0 Å². The molecule has 2 aliphatic heterocycles. The van der Waals surface area contributed by atoms with Gasteiger partial charge < -0.3 is 10.2 Å². The first kappa shape index (κ1) is 11.4. The molecule has 2 fully saturated rings. The van der Waals surface area contributed by atoms with Crippen LogP contribution < -0.4 is 5.32 Å². The first-order valence-corrected chi connectivity index (χ1v) is 6.62. The Labute approximate surface area is 94.4 Å². The summed E-state index contributed by atoms with van der Waals surface area (Å²) in [5.41, 5.74) is 0. The first-order valence-electron chi connectivity index (χ1n) is 6.62. The number of nitrogens with zero attached hydrogens (tertiary/aromatic N) is 1. The standard InChI is InChI=1S/C13H26N2/c1-10(2)9-14-11-7-12-5-4-6-13(8-11)15(12)3/h10-14H,4-9H2,1-3H3/t12-,13-/m0/s1. The van der Waals surface area contributed by atoms with Crippen LogP contribution in [-0.2, 0) is 0 Å². The van der Waals surface area contributed by atoms with Crippen molar-refractivity contribution in [3.05, 3.63) is 0 Å². The van der Waals surface area contributed by atoms with Crippen molar-refractivity contribution in [2.75, 3.05) is 13.6 Å². The van der Waals surface area contributed by atoms with Gasteiger partial charge in [-0.05, 0) is 45.2 Å². The fraction of sp³-hybridized carbons (Fsp3) is 1.00. The zero-order chi connectivity index (χ0) is 10.8. The number of piperidine rings is 2. The van der Waals surface area contributed by atoms with E-state index in [1.807, 2.05) is 0 Å². The van der Waals surface area contributed by atoms with Crippen molar-refractivity contribution < 1.29 is 0 Å². The molecule has 2 bridgehead atoms. The van der Waals surface area contributed by atoms with E-state index in [0.29, 0.717) is 0 Å². The molecule has 0 saturated carbocycles. The molecule has 0 aromatic heterocycles. The zero-order valence-electron chi connectivity index (χ0n) is 10.5. The van der Waals surface area contributed by atoms with Crippen LogP contribution in [0.1, 0.15) is 46.0 Å². The summed E-state index contributed by atoms with van der Waals surface area (Å²) in [5.74, 6) is 0.782. The number of hydrogen-bond acceptors (Lipinski definition) is 2. The second kappa shape index (κ2) is 4.84. The van der Waals surface area contributed by atoms with Gasteiger partial charge in [-0.1, -0.05) is 20.3 Å². The van der Waals surface area contributed by atoms with E-state index in [2.05, 4.69) is 31.1 Å². The van der Waals surface area contributed by atoms with Crippen molar-refractivity contribution in [1.29, 1.82) is 0 Å². The van der Waals surface area contributed by atoms with Crippen molar-refractivity contribution in [3.63, 3.8) is 0 Å². The molecule has 2 heterocycles. The molecule has 88 valence electrons. The van der Waals surface area contributed by atoms with Crippen LogP contribution in [0.3, 0.4) is 0 Å². The summed E-state index contributed by atoms with van der Waals surface area (Å²) >= 11 is 0. The molecule has 2 aliphatic rings. The van der Waals surface area contributed by atoms with E-state index in [-0.39, 0.29) is 0 Å². The Bertz CT molecular complexity index is 189. The smallest absolute Gasteiger partial charge is 0.0110 e. The molecule has 1 N–H and O–H groups in total. The Morgan fingerprint density at radius 2 is 1.80 bits per heavy atom. The second-order valence-corrected chi connectivity index (χ2v) is 5.87. The fourth-order valence-electron chi connectivity index (χ4n) is 3.18. The maximum atomic E-state index is 3.74. The maximum absolute atomic E-state index is 3.74. The van der Waals surface area contributed by atoms with Crippen molar-refractivity contribution in [1.82, 2.24) is 10.2 Å². The molecule has 0 aromatic rings. The normalized spacial score (nSPS) is 37.2. The Kier molecular flexibility index (Phi) is 3.68. The molecule has 2 rings (SSSR count). The van der Waals surface area contributed by atoms with Gasteiger partial charge in [-0.3, -0.25) is 0 Å². The number of nitrogens with one attached hydrogen (secondary N) is 1. The fourth-order valence-corrected chi connectivity index (χ4v) is 3.18. The highest BCUT2D eigenvalue weighted by atomic mass is 15.2.